The SMILES string of the molecule is C=CCNC(CCSCC)C(=O)OC. The predicted octanol–water partition coefficient (Wildman–Crippen LogP) is 1.45. The average molecular weight is 217 g/mol. The van der Waals surface area contributed by atoms with E-state index < -0.39 is 0 Å². The first-order valence-corrected chi connectivity index (χ1v) is 5.91. The van der Waals surface area contributed by atoms with Gasteiger partial charge in [0.15, 0.2) is 0 Å². The number of carbonyl (C=O) groups is 1. The second-order valence-corrected chi connectivity index (χ2v) is 4.15. The quantitative estimate of drug-likeness (QED) is 0.379. The molecular weight excluding hydrogens is 198 g/mol. The van der Waals surface area contributed by atoms with Crippen LogP contribution in [0.4, 0.5) is 0 Å². The lowest BCUT2D eigenvalue weighted by Gasteiger charge is -2.14. The Bertz CT molecular complexity index is 174. The molecule has 0 aromatic rings. The number of rotatable bonds is 8. The summed E-state index contributed by atoms with van der Waals surface area (Å²) in [6.07, 6.45) is 2.54. The Hall–Kier alpha value is -0.480. The van der Waals surface area contributed by atoms with Crippen LogP contribution >= 0.6 is 11.8 Å². The van der Waals surface area contributed by atoms with Crippen LogP contribution in [0.15, 0.2) is 12.7 Å². The molecule has 0 heterocycles. The molecule has 0 bridgehead atoms. The van der Waals surface area contributed by atoms with E-state index in [1.807, 2.05) is 11.8 Å². The number of methoxy groups -OCH3 is 1. The van der Waals surface area contributed by atoms with Gasteiger partial charge in [0, 0.05) is 6.54 Å². The Balaban J connectivity index is 3.83. The minimum atomic E-state index is -0.197. The molecule has 0 fully saturated rings. The van der Waals surface area contributed by atoms with Crippen molar-refractivity contribution in [3.63, 3.8) is 0 Å². The van der Waals surface area contributed by atoms with Gasteiger partial charge in [-0.3, -0.25) is 4.79 Å². The normalized spacial score (nSPS) is 12.1. The third-order valence-corrected chi connectivity index (χ3v) is 2.68. The van der Waals surface area contributed by atoms with Gasteiger partial charge >= 0.3 is 5.97 Å². The van der Waals surface area contributed by atoms with E-state index in [1.54, 1.807) is 6.08 Å². The monoisotopic (exact) mass is 217 g/mol. The van der Waals surface area contributed by atoms with Crippen LogP contribution < -0.4 is 5.32 Å². The van der Waals surface area contributed by atoms with Gasteiger partial charge in [0.1, 0.15) is 6.04 Å². The van der Waals surface area contributed by atoms with Crippen LogP contribution in [0.5, 0.6) is 0 Å². The summed E-state index contributed by atoms with van der Waals surface area (Å²) >= 11 is 1.82. The van der Waals surface area contributed by atoms with Crippen LogP contribution in [-0.4, -0.2) is 37.2 Å². The summed E-state index contributed by atoms with van der Waals surface area (Å²) in [6.45, 7) is 6.34. The Kier molecular flexibility index (Phi) is 8.78. The Morgan fingerprint density at radius 3 is 2.93 bits per heavy atom. The lowest BCUT2D eigenvalue weighted by Crippen LogP contribution is -2.38. The summed E-state index contributed by atoms with van der Waals surface area (Å²) < 4.78 is 4.70. The smallest absolute Gasteiger partial charge is 0.322 e. The van der Waals surface area contributed by atoms with E-state index in [0.717, 1.165) is 17.9 Å². The van der Waals surface area contributed by atoms with Crippen molar-refractivity contribution in [1.29, 1.82) is 0 Å². The van der Waals surface area contributed by atoms with Gasteiger partial charge in [-0.1, -0.05) is 13.0 Å². The Morgan fingerprint density at radius 1 is 1.71 bits per heavy atom. The third-order valence-electron chi connectivity index (χ3n) is 1.75. The number of hydrogen-bond donors (Lipinski definition) is 1. The molecule has 0 saturated heterocycles. The molecule has 3 nitrogen and oxygen atoms in total. The first-order chi connectivity index (χ1) is 6.76. The van der Waals surface area contributed by atoms with Gasteiger partial charge in [-0.05, 0) is 17.9 Å². The van der Waals surface area contributed by atoms with E-state index in [0.29, 0.717) is 6.54 Å². The number of ether oxygens (including phenoxy) is 1. The van der Waals surface area contributed by atoms with Crippen molar-refractivity contribution in [1.82, 2.24) is 5.32 Å². The molecule has 0 amide bonds. The van der Waals surface area contributed by atoms with E-state index in [4.69, 9.17) is 4.74 Å². The average Bonchev–Trinajstić information content (AvgIpc) is 2.22. The fourth-order valence-corrected chi connectivity index (χ4v) is 1.71. The van der Waals surface area contributed by atoms with Gasteiger partial charge in [-0.2, -0.15) is 11.8 Å². The van der Waals surface area contributed by atoms with Crippen LogP contribution in [0.1, 0.15) is 13.3 Å². The first kappa shape index (κ1) is 13.5. The minimum Gasteiger partial charge on any atom is -0.468 e. The Labute approximate surface area is 90.3 Å². The van der Waals surface area contributed by atoms with Crippen molar-refractivity contribution in [3.8, 4) is 0 Å². The molecule has 0 aromatic heterocycles. The summed E-state index contributed by atoms with van der Waals surface area (Å²) in [4.78, 5) is 11.3. The molecule has 0 radical (unpaired) electrons. The lowest BCUT2D eigenvalue weighted by molar-refractivity contribution is -0.143. The van der Waals surface area contributed by atoms with Crippen molar-refractivity contribution in [3.05, 3.63) is 12.7 Å². The molecule has 0 aliphatic rings. The zero-order chi connectivity index (χ0) is 10.8. The van der Waals surface area contributed by atoms with E-state index in [-0.39, 0.29) is 12.0 Å². The molecule has 4 heteroatoms. The summed E-state index contributed by atoms with van der Waals surface area (Å²) in [6, 6.07) is -0.197. The maximum absolute atomic E-state index is 11.3. The fourth-order valence-electron chi connectivity index (χ4n) is 1.02. The largest absolute Gasteiger partial charge is 0.468 e. The first-order valence-electron chi connectivity index (χ1n) is 4.76. The topological polar surface area (TPSA) is 38.3 Å². The number of carbonyl (C=O) groups excluding carboxylic acids is 1. The van der Waals surface area contributed by atoms with E-state index >= 15 is 0 Å². The molecule has 0 aliphatic heterocycles. The van der Waals surface area contributed by atoms with Crippen LogP contribution in [0.2, 0.25) is 0 Å². The van der Waals surface area contributed by atoms with Crippen molar-refractivity contribution >= 4 is 17.7 Å². The van der Waals surface area contributed by atoms with Crippen molar-refractivity contribution < 1.29 is 9.53 Å². The zero-order valence-electron chi connectivity index (χ0n) is 8.91. The van der Waals surface area contributed by atoms with Gasteiger partial charge in [-0.25, -0.2) is 0 Å². The van der Waals surface area contributed by atoms with Crippen molar-refractivity contribution in [2.24, 2.45) is 0 Å². The van der Waals surface area contributed by atoms with E-state index in [9.17, 15) is 4.79 Å². The summed E-state index contributed by atoms with van der Waals surface area (Å²) in [5, 5.41) is 3.07. The van der Waals surface area contributed by atoms with Crippen molar-refractivity contribution in [2.45, 2.75) is 19.4 Å². The number of hydrogen-bond acceptors (Lipinski definition) is 4. The molecule has 1 N–H and O–H groups in total. The summed E-state index contributed by atoms with van der Waals surface area (Å²) in [5.41, 5.74) is 0. The minimum absolute atomic E-state index is 0.191. The highest BCUT2D eigenvalue weighted by Crippen LogP contribution is 2.05. The highest BCUT2D eigenvalue weighted by molar-refractivity contribution is 7.99. The van der Waals surface area contributed by atoms with Gasteiger partial charge in [0.2, 0.25) is 0 Å². The second-order valence-electron chi connectivity index (χ2n) is 2.76. The molecular formula is C10H19NO2S. The molecule has 0 rings (SSSR count). The number of esters is 1. The van der Waals surface area contributed by atoms with Crippen molar-refractivity contribution in [2.75, 3.05) is 25.2 Å². The maximum atomic E-state index is 11.3. The third kappa shape index (κ3) is 6.05. The molecule has 1 unspecified atom stereocenters. The van der Waals surface area contributed by atoms with Crippen LogP contribution in [-0.2, 0) is 9.53 Å². The summed E-state index contributed by atoms with van der Waals surface area (Å²) in [7, 11) is 1.41. The molecule has 0 aromatic carbocycles. The standard InChI is InChI=1S/C10H19NO2S/c1-4-7-11-9(10(12)13-3)6-8-14-5-2/h4,9,11H,1,5-8H2,2-3H3. The molecule has 14 heavy (non-hydrogen) atoms. The van der Waals surface area contributed by atoms with Gasteiger partial charge in [0.25, 0.3) is 0 Å². The zero-order valence-corrected chi connectivity index (χ0v) is 9.73. The number of nitrogens with one attached hydrogen (secondary N) is 1. The Morgan fingerprint density at radius 2 is 2.43 bits per heavy atom. The highest BCUT2D eigenvalue weighted by Gasteiger charge is 2.16. The molecule has 0 spiro atoms. The van der Waals surface area contributed by atoms with Crippen LogP contribution in [0.25, 0.3) is 0 Å². The van der Waals surface area contributed by atoms with Crippen LogP contribution in [0.3, 0.4) is 0 Å². The molecule has 82 valence electrons. The maximum Gasteiger partial charge on any atom is 0.322 e. The van der Waals surface area contributed by atoms with Gasteiger partial charge < -0.3 is 10.1 Å². The highest BCUT2D eigenvalue weighted by atomic mass is 32.2. The molecule has 0 aliphatic carbocycles. The fraction of sp³-hybridized carbons (Fsp3) is 0.700. The van der Waals surface area contributed by atoms with Crippen LogP contribution in [0, 0.1) is 0 Å². The van der Waals surface area contributed by atoms with Gasteiger partial charge in [-0.15, -0.1) is 6.58 Å². The van der Waals surface area contributed by atoms with E-state index in [2.05, 4.69) is 18.8 Å². The molecule has 0 saturated carbocycles. The molecule has 1 atom stereocenters. The summed E-state index contributed by atoms with van der Waals surface area (Å²) in [5.74, 6) is 1.86. The second kappa shape index (κ2) is 9.09. The lowest BCUT2D eigenvalue weighted by atomic mass is 10.2. The van der Waals surface area contributed by atoms with Gasteiger partial charge in [0.05, 0.1) is 7.11 Å². The number of thioether (sulfide) groups is 1. The predicted molar refractivity (Wildman–Crippen MR) is 61.6 cm³/mol. The van der Waals surface area contributed by atoms with E-state index in [1.165, 1.54) is 7.11 Å².